The highest BCUT2D eigenvalue weighted by atomic mass is 35.5. The van der Waals surface area contributed by atoms with Gasteiger partial charge in [0, 0.05) is 31.6 Å². The van der Waals surface area contributed by atoms with Gasteiger partial charge in [-0.15, -0.1) is 0 Å². The number of ether oxygens (including phenoxy) is 1. The second kappa shape index (κ2) is 8.59. The predicted octanol–water partition coefficient (Wildman–Crippen LogP) is 3.78. The van der Waals surface area contributed by atoms with Crippen molar-refractivity contribution < 1.29 is 19.1 Å². The minimum absolute atomic E-state index is 0.0508. The quantitative estimate of drug-likeness (QED) is 0.765. The van der Waals surface area contributed by atoms with Crippen molar-refractivity contribution in [2.45, 2.75) is 26.2 Å². The van der Waals surface area contributed by atoms with E-state index in [0.29, 0.717) is 40.8 Å². The van der Waals surface area contributed by atoms with E-state index in [1.54, 1.807) is 35.1 Å². The Bertz CT molecular complexity index is 1060. The molecule has 2 aliphatic heterocycles. The molecule has 2 aliphatic rings. The second-order valence-electron chi connectivity index (χ2n) is 7.89. The van der Waals surface area contributed by atoms with Gasteiger partial charge in [-0.05, 0) is 49.2 Å². The van der Waals surface area contributed by atoms with E-state index in [9.17, 15) is 14.4 Å². The number of anilines is 3. The largest absolute Gasteiger partial charge is 0.495 e. The van der Waals surface area contributed by atoms with Gasteiger partial charge in [-0.2, -0.15) is 0 Å². The Morgan fingerprint density at radius 2 is 1.90 bits per heavy atom. The van der Waals surface area contributed by atoms with Gasteiger partial charge in [-0.25, -0.2) is 0 Å². The van der Waals surface area contributed by atoms with Crippen LogP contribution in [-0.2, 0) is 14.4 Å². The normalized spacial score (nSPS) is 18.6. The molecule has 162 valence electrons. The van der Waals surface area contributed by atoms with E-state index in [-0.39, 0.29) is 30.7 Å². The molecule has 0 aliphatic carbocycles. The highest BCUT2D eigenvalue weighted by Gasteiger charge is 2.36. The molecule has 0 bridgehead atoms. The number of rotatable bonds is 5. The van der Waals surface area contributed by atoms with Crippen molar-refractivity contribution in [1.29, 1.82) is 0 Å². The van der Waals surface area contributed by atoms with Crippen molar-refractivity contribution >= 4 is 46.4 Å². The second-order valence-corrected chi connectivity index (χ2v) is 8.29. The van der Waals surface area contributed by atoms with Crippen LogP contribution in [0.2, 0.25) is 5.02 Å². The fourth-order valence-electron chi connectivity index (χ4n) is 4.08. The molecule has 1 atom stereocenters. The van der Waals surface area contributed by atoms with E-state index in [2.05, 4.69) is 5.32 Å². The highest BCUT2D eigenvalue weighted by Crippen LogP contribution is 2.35. The van der Waals surface area contributed by atoms with Gasteiger partial charge in [0.15, 0.2) is 0 Å². The number of methoxy groups -OCH3 is 1. The van der Waals surface area contributed by atoms with Crippen LogP contribution >= 0.6 is 11.6 Å². The lowest BCUT2D eigenvalue weighted by atomic mass is 10.1. The predicted molar refractivity (Wildman–Crippen MR) is 120 cm³/mol. The third-order valence-corrected chi connectivity index (χ3v) is 6.00. The molecule has 0 saturated carbocycles. The average Bonchev–Trinajstić information content (AvgIpc) is 3.33. The van der Waals surface area contributed by atoms with E-state index in [4.69, 9.17) is 16.3 Å². The van der Waals surface area contributed by atoms with Gasteiger partial charge in [0.2, 0.25) is 17.7 Å². The zero-order valence-electron chi connectivity index (χ0n) is 17.5. The minimum Gasteiger partial charge on any atom is -0.495 e. The summed E-state index contributed by atoms with van der Waals surface area (Å²) in [5.41, 5.74) is 2.86. The van der Waals surface area contributed by atoms with Crippen LogP contribution in [-0.4, -0.2) is 37.9 Å². The molecule has 1 N–H and O–H groups in total. The molecule has 8 heteroatoms. The summed E-state index contributed by atoms with van der Waals surface area (Å²) in [5.74, 6) is -0.210. The summed E-state index contributed by atoms with van der Waals surface area (Å²) in [6.07, 6.45) is 1.45. The van der Waals surface area contributed by atoms with Crippen molar-refractivity contribution in [3.05, 3.63) is 47.0 Å². The maximum atomic E-state index is 12.8. The standard InChI is InChI=1S/C23H24ClN3O4/c1-14-5-8-20(31-2)19(10-14)27-13-15(11-22(27)29)23(30)25-16-6-7-18(17(24)12-16)26-9-3-4-21(26)28/h5-8,10,12,15H,3-4,9,11,13H2,1-2H3,(H,25,30). The Kier molecular flexibility index (Phi) is 5.87. The number of hydrogen-bond acceptors (Lipinski definition) is 4. The van der Waals surface area contributed by atoms with E-state index in [1.807, 2.05) is 25.1 Å². The molecule has 0 spiro atoms. The van der Waals surface area contributed by atoms with Gasteiger partial charge >= 0.3 is 0 Å². The van der Waals surface area contributed by atoms with Crippen molar-refractivity contribution in [1.82, 2.24) is 0 Å². The molecular formula is C23H24ClN3O4. The number of amides is 3. The number of hydrogen-bond donors (Lipinski definition) is 1. The zero-order chi connectivity index (χ0) is 22.1. The number of benzene rings is 2. The van der Waals surface area contributed by atoms with Crippen molar-refractivity contribution in [2.75, 3.05) is 35.3 Å². The van der Waals surface area contributed by atoms with Crippen LogP contribution in [0.3, 0.4) is 0 Å². The molecule has 2 aromatic rings. The van der Waals surface area contributed by atoms with E-state index in [0.717, 1.165) is 12.0 Å². The molecule has 4 rings (SSSR count). The molecule has 31 heavy (non-hydrogen) atoms. The smallest absolute Gasteiger partial charge is 0.229 e. The van der Waals surface area contributed by atoms with Crippen LogP contribution in [0.15, 0.2) is 36.4 Å². The SMILES string of the molecule is COc1ccc(C)cc1N1CC(C(=O)Nc2ccc(N3CCCC3=O)c(Cl)c2)CC1=O. The van der Waals surface area contributed by atoms with E-state index in [1.165, 1.54) is 0 Å². The Balaban J connectivity index is 1.46. The van der Waals surface area contributed by atoms with Crippen LogP contribution in [0.1, 0.15) is 24.8 Å². The van der Waals surface area contributed by atoms with E-state index >= 15 is 0 Å². The molecule has 2 saturated heterocycles. The lowest BCUT2D eigenvalue weighted by Gasteiger charge is -2.20. The van der Waals surface area contributed by atoms with Crippen molar-refractivity contribution in [3.8, 4) is 5.75 Å². The number of carbonyl (C=O) groups is 3. The first kappa shape index (κ1) is 21.2. The zero-order valence-corrected chi connectivity index (χ0v) is 18.2. The third-order valence-electron chi connectivity index (χ3n) is 5.70. The Hall–Kier alpha value is -3.06. The first-order chi connectivity index (χ1) is 14.9. The van der Waals surface area contributed by atoms with Crippen LogP contribution in [0.5, 0.6) is 5.75 Å². The summed E-state index contributed by atoms with van der Waals surface area (Å²) in [4.78, 5) is 40.7. The Morgan fingerprint density at radius 1 is 1.10 bits per heavy atom. The molecule has 2 heterocycles. The Labute approximate surface area is 185 Å². The van der Waals surface area contributed by atoms with Gasteiger partial charge in [-0.3, -0.25) is 14.4 Å². The minimum atomic E-state index is -0.490. The van der Waals surface area contributed by atoms with Gasteiger partial charge < -0.3 is 19.9 Å². The molecule has 2 fully saturated rings. The molecular weight excluding hydrogens is 418 g/mol. The van der Waals surface area contributed by atoms with Crippen molar-refractivity contribution in [3.63, 3.8) is 0 Å². The lowest BCUT2D eigenvalue weighted by Crippen LogP contribution is -2.28. The van der Waals surface area contributed by atoms with Gasteiger partial charge in [0.1, 0.15) is 5.75 Å². The number of carbonyl (C=O) groups excluding carboxylic acids is 3. The van der Waals surface area contributed by atoms with Crippen LogP contribution in [0, 0.1) is 12.8 Å². The van der Waals surface area contributed by atoms with Crippen LogP contribution in [0.25, 0.3) is 0 Å². The van der Waals surface area contributed by atoms with E-state index < -0.39 is 5.92 Å². The topological polar surface area (TPSA) is 79.0 Å². The first-order valence-electron chi connectivity index (χ1n) is 10.2. The molecule has 0 aromatic heterocycles. The van der Waals surface area contributed by atoms with Crippen LogP contribution < -0.4 is 19.9 Å². The van der Waals surface area contributed by atoms with Gasteiger partial charge in [-0.1, -0.05) is 17.7 Å². The fourth-order valence-corrected chi connectivity index (χ4v) is 4.36. The fraction of sp³-hybridized carbons (Fsp3) is 0.348. The molecule has 2 aromatic carbocycles. The van der Waals surface area contributed by atoms with Gasteiger partial charge in [0.25, 0.3) is 0 Å². The summed E-state index contributed by atoms with van der Waals surface area (Å²) in [6, 6.07) is 10.7. The summed E-state index contributed by atoms with van der Waals surface area (Å²) in [7, 11) is 1.56. The monoisotopic (exact) mass is 441 g/mol. The maximum absolute atomic E-state index is 12.8. The first-order valence-corrected chi connectivity index (χ1v) is 10.6. The summed E-state index contributed by atoms with van der Waals surface area (Å²) < 4.78 is 5.39. The average molecular weight is 442 g/mol. The lowest BCUT2D eigenvalue weighted by molar-refractivity contribution is -0.122. The summed E-state index contributed by atoms with van der Waals surface area (Å²) >= 11 is 6.37. The number of aryl methyl sites for hydroxylation is 1. The molecule has 1 unspecified atom stereocenters. The number of nitrogens with zero attached hydrogens (tertiary/aromatic N) is 2. The molecule has 0 radical (unpaired) electrons. The van der Waals surface area contributed by atoms with Crippen LogP contribution in [0.4, 0.5) is 17.1 Å². The number of halogens is 1. The Morgan fingerprint density at radius 3 is 2.58 bits per heavy atom. The van der Waals surface area contributed by atoms with Gasteiger partial charge in [0.05, 0.1) is 29.4 Å². The maximum Gasteiger partial charge on any atom is 0.229 e. The number of nitrogens with one attached hydrogen (secondary N) is 1. The third kappa shape index (κ3) is 4.23. The molecule has 3 amide bonds. The summed E-state index contributed by atoms with van der Waals surface area (Å²) in [6.45, 7) is 2.86. The summed E-state index contributed by atoms with van der Waals surface area (Å²) in [5, 5.41) is 3.25. The highest BCUT2D eigenvalue weighted by molar-refractivity contribution is 6.34. The molecule has 7 nitrogen and oxygen atoms in total. The van der Waals surface area contributed by atoms with Crippen molar-refractivity contribution in [2.24, 2.45) is 5.92 Å².